The van der Waals surface area contributed by atoms with Crippen LogP contribution in [-0.4, -0.2) is 61.3 Å². The Balaban J connectivity index is 0.858. The van der Waals surface area contributed by atoms with Crippen LogP contribution in [0.5, 0.6) is 0 Å². The average molecular weight is 765 g/mol. The second kappa shape index (κ2) is 15.8. The van der Waals surface area contributed by atoms with E-state index in [4.69, 9.17) is 4.42 Å². The number of hydrogen-bond acceptors (Lipinski definition) is 9. The van der Waals surface area contributed by atoms with Crippen molar-refractivity contribution >= 4 is 28.9 Å². The number of piperidine rings is 2. The second-order valence-corrected chi connectivity index (χ2v) is 16.3. The van der Waals surface area contributed by atoms with Gasteiger partial charge >= 0.3 is 0 Å². The number of benzene rings is 3. The van der Waals surface area contributed by atoms with Crippen molar-refractivity contribution < 1.29 is 18.8 Å². The molecule has 5 heterocycles. The number of imide groups is 1. The molecule has 1 unspecified atom stereocenters. The van der Waals surface area contributed by atoms with Crippen molar-refractivity contribution in [1.82, 2.24) is 35.1 Å². The van der Waals surface area contributed by atoms with Gasteiger partial charge in [-0.25, -0.2) is 14.5 Å². The van der Waals surface area contributed by atoms with Crippen molar-refractivity contribution in [3.63, 3.8) is 0 Å². The summed E-state index contributed by atoms with van der Waals surface area (Å²) in [6, 6.07) is 25.2. The van der Waals surface area contributed by atoms with Gasteiger partial charge in [-0.1, -0.05) is 69.3 Å². The molecular formula is C45H48N8O4. The molecule has 6 aromatic rings. The maximum Gasteiger partial charge on any atom is 0.273 e. The molecule has 3 N–H and O–H groups in total. The summed E-state index contributed by atoms with van der Waals surface area (Å²) in [6.07, 6.45) is 8.11. The third-order valence-corrected chi connectivity index (χ3v) is 11.1. The average Bonchev–Trinajstić information content (AvgIpc) is 3.89. The maximum absolute atomic E-state index is 12.8. The Bertz CT molecular complexity index is 2420. The minimum Gasteiger partial charge on any atom is -0.448 e. The van der Waals surface area contributed by atoms with Gasteiger partial charge < -0.3 is 15.1 Å². The Kier molecular flexibility index (Phi) is 10.5. The topological polar surface area (TPSA) is 147 Å². The third-order valence-electron chi connectivity index (χ3n) is 11.1. The van der Waals surface area contributed by atoms with E-state index >= 15 is 0 Å². The van der Waals surface area contributed by atoms with Gasteiger partial charge in [0, 0.05) is 47.9 Å². The molecule has 12 nitrogen and oxygen atoms in total. The SMILES string of the molecule is Cc1cc(-c2ncnn3cc(-c4ccc(CN5CCC(c6ccc(NC7CCC(=O)NC7=O)cc6)CC5)cc4)cc23)ccc1CNC(=O)c1coc(C(C)(C)C)n1. The fourth-order valence-electron chi connectivity index (χ4n) is 7.71. The van der Waals surface area contributed by atoms with Crippen LogP contribution in [0, 0.1) is 6.92 Å². The Morgan fingerprint density at radius 2 is 1.68 bits per heavy atom. The fraction of sp³-hybridized carbons (Fsp3) is 0.333. The van der Waals surface area contributed by atoms with Crippen molar-refractivity contribution in [2.45, 2.75) is 83.8 Å². The molecular weight excluding hydrogens is 717 g/mol. The lowest BCUT2D eigenvalue weighted by atomic mass is 9.89. The number of aryl methyl sites for hydroxylation is 1. The summed E-state index contributed by atoms with van der Waals surface area (Å²) in [4.78, 5) is 47.9. The second-order valence-electron chi connectivity index (χ2n) is 16.3. The summed E-state index contributed by atoms with van der Waals surface area (Å²) >= 11 is 0. The minimum atomic E-state index is -0.374. The summed E-state index contributed by atoms with van der Waals surface area (Å²) in [5.41, 5.74) is 10.5. The molecule has 57 heavy (non-hydrogen) atoms. The van der Waals surface area contributed by atoms with Gasteiger partial charge in [0.1, 0.15) is 18.6 Å². The molecule has 0 spiro atoms. The van der Waals surface area contributed by atoms with Gasteiger partial charge in [-0.2, -0.15) is 5.10 Å². The minimum absolute atomic E-state index is 0.204. The zero-order chi connectivity index (χ0) is 39.7. The Hall–Kier alpha value is -6.14. The number of nitrogens with one attached hydrogen (secondary N) is 3. The van der Waals surface area contributed by atoms with Gasteiger partial charge in [-0.3, -0.25) is 24.6 Å². The van der Waals surface area contributed by atoms with Gasteiger partial charge in [0.05, 0.1) is 11.2 Å². The van der Waals surface area contributed by atoms with E-state index < -0.39 is 0 Å². The van der Waals surface area contributed by atoms with E-state index in [0.717, 1.165) is 77.2 Å². The molecule has 0 bridgehead atoms. The lowest BCUT2D eigenvalue weighted by Gasteiger charge is -2.32. The first-order chi connectivity index (χ1) is 27.5. The summed E-state index contributed by atoms with van der Waals surface area (Å²) in [7, 11) is 0. The highest BCUT2D eigenvalue weighted by molar-refractivity contribution is 6.01. The van der Waals surface area contributed by atoms with Crippen LogP contribution in [0.25, 0.3) is 27.9 Å². The lowest BCUT2D eigenvalue weighted by molar-refractivity contribution is -0.133. The van der Waals surface area contributed by atoms with Crippen LogP contribution in [0.4, 0.5) is 5.69 Å². The smallest absolute Gasteiger partial charge is 0.273 e. The van der Waals surface area contributed by atoms with E-state index in [-0.39, 0.29) is 34.9 Å². The number of oxazole rings is 1. The Morgan fingerprint density at radius 1 is 0.930 bits per heavy atom. The highest BCUT2D eigenvalue weighted by atomic mass is 16.3. The van der Waals surface area contributed by atoms with Crippen LogP contribution in [0.2, 0.25) is 0 Å². The first-order valence-corrected chi connectivity index (χ1v) is 19.7. The predicted molar refractivity (Wildman–Crippen MR) is 218 cm³/mol. The molecule has 3 aromatic carbocycles. The molecule has 0 saturated carbocycles. The molecule has 2 fully saturated rings. The number of rotatable bonds is 10. The summed E-state index contributed by atoms with van der Waals surface area (Å²) in [6.45, 7) is 11.4. The standard InChI is InChI=1S/C45H48N8O4/c1-28-21-33(9-10-34(28)23-46-42(55)38-26-57-44(50-38)45(2,3)4)41-39-22-35(25-53(39)48-27-47-41)31-7-5-29(6-8-31)24-52-19-17-32(18-20-52)30-11-13-36(14-12-30)49-37-15-16-40(54)51-43(37)56/h5-14,21-22,25-27,32,37,49H,15-20,23-24H2,1-4H3,(H,46,55)(H,51,54,56). The monoisotopic (exact) mass is 764 g/mol. The highest BCUT2D eigenvalue weighted by Gasteiger charge is 2.27. The number of carbonyl (C=O) groups is 3. The largest absolute Gasteiger partial charge is 0.448 e. The molecule has 12 heteroatoms. The Morgan fingerprint density at radius 3 is 2.39 bits per heavy atom. The molecule has 1 atom stereocenters. The van der Waals surface area contributed by atoms with Crippen molar-refractivity contribution in [3.8, 4) is 22.4 Å². The third kappa shape index (κ3) is 8.51. The molecule has 292 valence electrons. The molecule has 3 amide bonds. The van der Waals surface area contributed by atoms with Crippen LogP contribution in [0.3, 0.4) is 0 Å². The number of nitrogens with zero attached hydrogens (tertiary/aromatic N) is 5. The lowest BCUT2D eigenvalue weighted by Crippen LogP contribution is -2.47. The first-order valence-electron chi connectivity index (χ1n) is 19.7. The molecule has 2 saturated heterocycles. The number of carbonyl (C=O) groups excluding carboxylic acids is 3. The number of anilines is 1. The van der Waals surface area contributed by atoms with Gasteiger partial charge in [0.15, 0.2) is 11.6 Å². The van der Waals surface area contributed by atoms with Crippen molar-refractivity contribution in [3.05, 3.63) is 125 Å². The van der Waals surface area contributed by atoms with E-state index in [1.807, 2.05) is 62.7 Å². The number of fused-ring (bicyclic) bond motifs is 1. The van der Waals surface area contributed by atoms with Crippen LogP contribution >= 0.6 is 0 Å². The van der Waals surface area contributed by atoms with Gasteiger partial charge in [-0.05, 0) is 97.3 Å². The molecule has 0 radical (unpaired) electrons. The molecule has 2 aliphatic heterocycles. The zero-order valence-corrected chi connectivity index (χ0v) is 32.8. The molecule has 0 aliphatic carbocycles. The van der Waals surface area contributed by atoms with E-state index in [1.165, 1.54) is 17.4 Å². The molecule has 3 aromatic heterocycles. The van der Waals surface area contributed by atoms with Crippen LogP contribution in [0.15, 0.2) is 96.0 Å². The first kappa shape index (κ1) is 37.8. The summed E-state index contributed by atoms with van der Waals surface area (Å²) < 4.78 is 7.40. The predicted octanol–water partition coefficient (Wildman–Crippen LogP) is 7.18. The van der Waals surface area contributed by atoms with Gasteiger partial charge in [0.25, 0.3) is 5.91 Å². The summed E-state index contributed by atoms with van der Waals surface area (Å²) in [5, 5.41) is 13.2. The molecule has 8 rings (SSSR count). The van der Waals surface area contributed by atoms with E-state index in [0.29, 0.717) is 31.2 Å². The van der Waals surface area contributed by atoms with E-state index in [2.05, 4.69) is 84.4 Å². The van der Waals surface area contributed by atoms with Gasteiger partial charge in [-0.15, -0.1) is 0 Å². The van der Waals surface area contributed by atoms with Crippen molar-refractivity contribution in [1.29, 1.82) is 0 Å². The number of hydrogen-bond donors (Lipinski definition) is 3. The Labute approximate surface area is 332 Å². The zero-order valence-electron chi connectivity index (χ0n) is 32.8. The van der Waals surface area contributed by atoms with Crippen LogP contribution in [-0.2, 0) is 28.1 Å². The van der Waals surface area contributed by atoms with Crippen molar-refractivity contribution in [2.75, 3.05) is 18.4 Å². The maximum atomic E-state index is 12.8. The number of likely N-dealkylation sites (tertiary alicyclic amines) is 1. The molecule has 2 aliphatic rings. The van der Waals surface area contributed by atoms with Crippen molar-refractivity contribution in [2.24, 2.45) is 0 Å². The van der Waals surface area contributed by atoms with Crippen LogP contribution in [0.1, 0.15) is 91.0 Å². The van der Waals surface area contributed by atoms with Gasteiger partial charge in [0.2, 0.25) is 11.8 Å². The number of amides is 3. The summed E-state index contributed by atoms with van der Waals surface area (Å²) in [5.74, 6) is 0.310. The van der Waals surface area contributed by atoms with E-state index in [1.54, 1.807) is 6.33 Å². The van der Waals surface area contributed by atoms with E-state index in [9.17, 15) is 14.4 Å². The van der Waals surface area contributed by atoms with Crippen LogP contribution < -0.4 is 16.0 Å². The number of aromatic nitrogens is 4. The fourth-order valence-corrected chi connectivity index (χ4v) is 7.71. The highest BCUT2D eigenvalue weighted by Crippen LogP contribution is 2.32. The quantitative estimate of drug-likeness (QED) is 0.124. The normalized spacial score (nSPS) is 16.8.